The Hall–Kier alpha value is -2.70. The molecule has 1 unspecified atom stereocenters. The van der Waals surface area contributed by atoms with Crippen molar-refractivity contribution in [3.63, 3.8) is 0 Å². The van der Waals surface area contributed by atoms with Gasteiger partial charge in [-0.05, 0) is 37.8 Å². The highest BCUT2D eigenvalue weighted by Gasteiger charge is 2.38. The molecule has 0 saturated heterocycles. The largest absolute Gasteiger partial charge is 0.351 e. The highest BCUT2D eigenvalue weighted by atomic mass is 16.2. The Balaban J connectivity index is 1.70. The third-order valence-corrected chi connectivity index (χ3v) is 6.59. The molecular weight excluding hydrogens is 390 g/mol. The summed E-state index contributed by atoms with van der Waals surface area (Å²) in [5, 5.41) is 7.52. The number of hydrogen-bond donors (Lipinski definition) is 1. The first-order chi connectivity index (χ1) is 15.1. The maximum atomic E-state index is 13.8. The molecule has 1 atom stereocenters. The molecule has 7 heteroatoms. The van der Waals surface area contributed by atoms with Gasteiger partial charge in [0.15, 0.2) is 6.04 Å². The minimum absolute atomic E-state index is 0.00199. The number of anilines is 1. The van der Waals surface area contributed by atoms with Crippen LogP contribution in [-0.4, -0.2) is 32.6 Å². The molecule has 2 aliphatic carbocycles. The van der Waals surface area contributed by atoms with E-state index in [-0.39, 0.29) is 23.8 Å². The van der Waals surface area contributed by atoms with E-state index in [1.165, 1.54) is 12.8 Å². The Morgan fingerprint density at radius 3 is 2.39 bits per heavy atom. The quantitative estimate of drug-likeness (QED) is 0.764. The van der Waals surface area contributed by atoms with Crippen molar-refractivity contribution in [3.8, 4) is 0 Å². The SMILES string of the molecule is Cn1cc(N(C(=O)C2CCCCC2)C(C(=O)NC2CCCCC2)c2ccccn2)cn1. The Bertz CT molecular complexity index is 869. The van der Waals surface area contributed by atoms with Crippen LogP contribution < -0.4 is 10.2 Å². The van der Waals surface area contributed by atoms with Gasteiger partial charge in [0, 0.05) is 31.4 Å². The normalized spacial score (nSPS) is 19.0. The van der Waals surface area contributed by atoms with E-state index in [4.69, 9.17) is 0 Å². The summed E-state index contributed by atoms with van der Waals surface area (Å²) < 4.78 is 1.67. The van der Waals surface area contributed by atoms with E-state index >= 15 is 0 Å². The molecule has 0 spiro atoms. The molecule has 4 rings (SSSR count). The van der Waals surface area contributed by atoms with Gasteiger partial charge in [-0.3, -0.25) is 24.2 Å². The third kappa shape index (κ3) is 5.14. The van der Waals surface area contributed by atoms with Gasteiger partial charge >= 0.3 is 0 Å². The number of amides is 2. The second-order valence-corrected chi connectivity index (χ2v) is 8.92. The highest BCUT2D eigenvalue weighted by molar-refractivity contribution is 6.02. The number of nitrogens with zero attached hydrogens (tertiary/aromatic N) is 4. The van der Waals surface area contributed by atoms with Crippen molar-refractivity contribution in [2.75, 3.05) is 4.90 Å². The second kappa shape index (κ2) is 10.1. The van der Waals surface area contributed by atoms with Crippen LogP contribution >= 0.6 is 0 Å². The van der Waals surface area contributed by atoms with Crippen LogP contribution in [0.4, 0.5) is 5.69 Å². The van der Waals surface area contributed by atoms with Gasteiger partial charge in [-0.25, -0.2) is 0 Å². The molecule has 1 N–H and O–H groups in total. The van der Waals surface area contributed by atoms with Crippen molar-refractivity contribution < 1.29 is 9.59 Å². The number of carbonyl (C=O) groups is 2. The molecule has 2 aliphatic rings. The van der Waals surface area contributed by atoms with Gasteiger partial charge < -0.3 is 5.32 Å². The Morgan fingerprint density at radius 1 is 1.06 bits per heavy atom. The van der Waals surface area contributed by atoms with Gasteiger partial charge in [-0.2, -0.15) is 5.10 Å². The monoisotopic (exact) mass is 423 g/mol. The molecule has 2 aromatic rings. The summed E-state index contributed by atoms with van der Waals surface area (Å²) in [5.74, 6) is -0.219. The number of nitrogens with one attached hydrogen (secondary N) is 1. The molecule has 0 bridgehead atoms. The predicted molar refractivity (Wildman–Crippen MR) is 119 cm³/mol. The third-order valence-electron chi connectivity index (χ3n) is 6.59. The Kier molecular flexibility index (Phi) is 6.99. The van der Waals surface area contributed by atoms with Crippen LogP contribution in [0.5, 0.6) is 0 Å². The summed E-state index contributed by atoms with van der Waals surface area (Å²) in [4.78, 5) is 33.6. The molecule has 0 radical (unpaired) electrons. The molecule has 2 saturated carbocycles. The second-order valence-electron chi connectivity index (χ2n) is 8.92. The van der Waals surface area contributed by atoms with Crippen LogP contribution in [0.1, 0.15) is 75.9 Å². The summed E-state index contributed by atoms with van der Waals surface area (Å²) in [6, 6.07) is 4.89. The summed E-state index contributed by atoms with van der Waals surface area (Å²) in [5.41, 5.74) is 1.23. The highest BCUT2D eigenvalue weighted by Crippen LogP contribution is 2.33. The smallest absolute Gasteiger partial charge is 0.249 e. The molecular formula is C24H33N5O2. The first-order valence-electron chi connectivity index (χ1n) is 11.7. The van der Waals surface area contributed by atoms with Crippen LogP contribution in [0, 0.1) is 5.92 Å². The van der Waals surface area contributed by atoms with Crippen molar-refractivity contribution in [2.45, 2.75) is 76.3 Å². The van der Waals surface area contributed by atoms with E-state index in [2.05, 4.69) is 15.4 Å². The van der Waals surface area contributed by atoms with Gasteiger partial charge in [0.25, 0.3) is 0 Å². The molecule has 2 aromatic heterocycles. The number of hydrogen-bond acceptors (Lipinski definition) is 4. The number of aromatic nitrogens is 3. The first kappa shape index (κ1) is 21.5. The lowest BCUT2D eigenvalue weighted by atomic mass is 9.87. The lowest BCUT2D eigenvalue weighted by molar-refractivity contribution is -0.129. The average Bonchev–Trinajstić information content (AvgIpc) is 3.24. The average molecular weight is 424 g/mol. The maximum Gasteiger partial charge on any atom is 0.249 e. The molecule has 7 nitrogen and oxygen atoms in total. The summed E-state index contributed by atoms with van der Waals surface area (Å²) in [6.07, 6.45) is 15.6. The van der Waals surface area contributed by atoms with Crippen molar-refractivity contribution in [1.82, 2.24) is 20.1 Å². The Morgan fingerprint density at radius 2 is 1.77 bits per heavy atom. The van der Waals surface area contributed by atoms with Gasteiger partial charge in [-0.15, -0.1) is 0 Å². The van der Waals surface area contributed by atoms with Crippen LogP contribution in [0.15, 0.2) is 36.8 Å². The first-order valence-corrected chi connectivity index (χ1v) is 11.7. The van der Waals surface area contributed by atoms with E-state index in [1.807, 2.05) is 31.4 Å². The van der Waals surface area contributed by atoms with Gasteiger partial charge in [0.1, 0.15) is 0 Å². The van der Waals surface area contributed by atoms with Gasteiger partial charge in [0.05, 0.1) is 17.6 Å². The number of pyridine rings is 1. The van der Waals surface area contributed by atoms with Crippen molar-refractivity contribution in [1.29, 1.82) is 0 Å². The van der Waals surface area contributed by atoms with Crippen molar-refractivity contribution in [3.05, 3.63) is 42.5 Å². The minimum atomic E-state index is -0.804. The molecule has 2 fully saturated rings. The molecule has 0 aromatic carbocycles. The van der Waals surface area contributed by atoms with Gasteiger partial charge in [0.2, 0.25) is 11.8 Å². The lowest BCUT2D eigenvalue weighted by Crippen LogP contribution is -2.49. The summed E-state index contributed by atoms with van der Waals surface area (Å²) in [6.45, 7) is 0. The molecule has 2 amide bonds. The number of rotatable bonds is 6. The van der Waals surface area contributed by atoms with Crippen LogP contribution in [0.2, 0.25) is 0 Å². The molecule has 31 heavy (non-hydrogen) atoms. The van der Waals surface area contributed by atoms with E-state index in [9.17, 15) is 9.59 Å². The van der Waals surface area contributed by atoms with Crippen LogP contribution in [0.25, 0.3) is 0 Å². The fourth-order valence-electron chi connectivity index (χ4n) is 4.93. The maximum absolute atomic E-state index is 13.8. The standard InChI is InChI=1S/C24H33N5O2/c1-28-17-20(16-26-28)29(24(31)18-10-4-2-5-11-18)22(21-14-8-9-15-25-21)23(30)27-19-12-6-3-7-13-19/h8-9,14-19,22H,2-7,10-13H2,1H3,(H,27,30). The van der Waals surface area contributed by atoms with Gasteiger partial charge in [-0.1, -0.05) is 44.6 Å². The topological polar surface area (TPSA) is 80.1 Å². The molecule has 2 heterocycles. The number of carbonyl (C=O) groups excluding carboxylic acids is 2. The van der Waals surface area contributed by atoms with Crippen LogP contribution in [0.3, 0.4) is 0 Å². The molecule has 166 valence electrons. The summed E-state index contributed by atoms with van der Waals surface area (Å²) in [7, 11) is 1.82. The van der Waals surface area contributed by atoms with E-state index in [0.29, 0.717) is 11.4 Å². The lowest BCUT2D eigenvalue weighted by Gasteiger charge is -2.35. The zero-order valence-corrected chi connectivity index (χ0v) is 18.4. The zero-order valence-electron chi connectivity index (χ0n) is 18.4. The van der Waals surface area contributed by atoms with Crippen molar-refractivity contribution in [2.24, 2.45) is 13.0 Å². The van der Waals surface area contributed by atoms with E-state index < -0.39 is 6.04 Å². The Labute approximate surface area is 184 Å². The fraction of sp³-hybridized carbons (Fsp3) is 0.583. The number of aryl methyl sites for hydroxylation is 1. The minimum Gasteiger partial charge on any atom is -0.351 e. The van der Waals surface area contributed by atoms with E-state index in [0.717, 1.165) is 51.4 Å². The zero-order chi connectivity index (χ0) is 21.6. The van der Waals surface area contributed by atoms with Crippen molar-refractivity contribution >= 4 is 17.5 Å². The predicted octanol–water partition coefficient (Wildman–Crippen LogP) is 3.92. The fourth-order valence-corrected chi connectivity index (χ4v) is 4.93. The van der Waals surface area contributed by atoms with E-state index in [1.54, 1.807) is 22.0 Å². The summed E-state index contributed by atoms with van der Waals surface area (Å²) >= 11 is 0. The van der Waals surface area contributed by atoms with Crippen LogP contribution in [-0.2, 0) is 16.6 Å². The molecule has 0 aliphatic heterocycles.